The average Bonchev–Trinajstić information content (AvgIpc) is 2.59. The van der Waals surface area contributed by atoms with Crippen LogP contribution in [0.25, 0.3) is 0 Å². The number of hydrogen-bond donors (Lipinski definition) is 2. The standard InChI is InChI=1S/C13H25NO2S/c1-10(12(9-15)17-2)14-13(16)11-7-5-3-4-6-8-11/h10-12,15H,3-9H2,1-2H3,(H,14,16)/t10-,12-/m1/s1. The zero-order valence-electron chi connectivity index (χ0n) is 10.9. The molecule has 0 aliphatic heterocycles. The molecule has 0 aromatic carbocycles. The highest BCUT2D eigenvalue weighted by atomic mass is 32.2. The van der Waals surface area contributed by atoms with Gasteiger partial charge in [0.25, 0.3) is 0 Å². The minimum absolute atomic E-state index is 0.0470. The first-order valence-electron chi connectivity index (χ1n) is 6.63. The molecule has 0 heterocycles. The zero-order chi connectivity index (χ0) is 12.7. The molecule has 1 amide bonds. The molecule has 1 saturated carbocycles. The van der Waals surface area contributed by atoms with Crippen LogP contribution in [0, 0.1) is 5.92 Å². The highest BCUT2D eigenvalue weighted by Gasteiger charge is 2.23. The predicted molar refractivity (Wildman–Crippen MR) is 73.2 cm³/mol. The Labute approximate surface area is 109 Å². The van der Waals surface area contributed by atoms with Crippen molar-refractivity contribution in [2.75, 3.05) is 12.9 Å². The van der Waals surface area contributed by atoms with Crippen molar-refractivity contribution < 1.29 is 9.90 Å². The molecular formula is C13H25NO2S. The maximum absolute atomic E-state index is 12.1. The minimum atomic E-state index is 0.0470. The topological polar surface area (TPSA) is 49.3 Å². The second-order valence-corrected chi connectivity index (χ2v) is 6.02. The van der Waals surface area contributed by atoms with E-state index < -0.39 is 0 Å². The lowest BCUT2D eigenvalue weighted by atomic mass is 9.99. The lowest BCUT2D eigenvalue weighted by molar-refractivity contribution is -0.126. The molecule has 0 aromatic heterocycles. The van der Waals surface area contributed by atoms with Crippen LogP contribution in [0.1, 0.15) is 45.4 Å². The van der Waals surface area contributed by atoms with Crippen LogP contribution in [0.5, 0.6) is 0 Å². The number of aliphatic hydroxyl groups excluding tert-OH is 1. The van der Waals surface area contributed by atoms with Crippen LogP contribution in [0.15, 0.2) is 0 Å². The van der Waals surface area contributed by atoms with Crippen molar-refractivity contribution in [3.8, 4) is 0 Å². The van der Waals surface area contributed by atoms with Crippen LogP contribution in [0.2, 0.25) is 0 Å². The van der Waals surface area contributed by atoms with E-state index in [4.69, 9.17) is 0 Å². The third kappa shape index (κ3) is 4.88. The van der Waals surface area contributed by atoms with Gasteiger partial charge in [0.2, 0.25) is 5.91 Å². The van der Waals surface area contributed by atoms with E-state index in [9.17, 15) is 9.90 Å². The van der Waals surface area contributed by atoms with Crippen LogP contribution in [0.4, 0.5) is 0 Å². The van der Waals surface area contributed by atoms with E-state index in [1.165, 1.54) is 25.7 Å². The highest BCUT2D eigenvalue weighted by molar-refractivity contribution is 7.99. The molecule has 1 fully saturated rings. The summed E-state index contributed by atoms with van der Waals surface area (Å²) in [5.74, 6) is 0.382. The van der Waals surface area contributed by atoms with Crippen molar-refractivity contribution in [1.29, 1.82) is 0 Å². The number of aliphatic hydroxyl groups is 1. The van der Waals surface area contributed by atoms with Gasteiger partial charge < -0.3 is 10.4 Å². The molecule has 0 bridgehead atoms. The molecule has 0 radical (unpaired) electrons. The van der Waals surface area contributed by atoms with Crippen molar-refractivity contribution >= 4 is 17.7 Å². The molecule has 0 spiro atoms. The summed E-state index contributed by atoms with van der Waals surface area (Å²) >= 11 is 1.61. The maximum Gasteiger partial charge on any atom is 0.223 e. The van der Waals surface area contributed by atoms with Gasteiger partial charge in [-0.25, -0.2) is 0 Å². The molecule has 100 valence electrons. The van der Waals surface area contributed by atoms with Crippen molar-refractivity contribution in [2.45, 2.75) is 56.7 Å². The number of hydrogen-bond acceptors (Lipinski definition) is 3. The Hall–Kier alpha value is -0.220. The SMILES string of the molecule is CS[C@H](CO)[C@@H](C)NC(=O)C1CCCCCC1. The van der Waals surface area contributed by atoms with Crippen LogP contribution in [-0.2, 0) is 4.79 Å². The summed E-state index contributed by atoms with van der Waals surface area (Å²) in [5, 5.41) is 12.4. The molecule has 2 N–H and O–H groups in total. The van der Waals surface area contributed by atoms with Gasteiger partial charge in [-0.3, -0.25) is 4.79 Å². The van der Waals surface area contributed by atoms with E-state index in [1.807, 2.05) is 13.2 Å². The summed E-state index contributed by atoms with van der Waals surface area (Å²) in [6.07, 6.45) is 8.92. The van der Waals surface area contributed by atoms with Crippen molar-refractivity contribution in [3.63, 3.8) is 0 Å². The fourth-order valence-corrected chi connectivity index (χ4v) is 3.04. The largest absolute Gasteiger partial charge is 0.395 e. The third-order valence-corrected chi connectivity index (χ3v) is 4.80. The molecule has 0 aromatic rings. The Morgan fingerprint density at radius 2 is 1.94 bits per heavy atom. The molecule has 3 nitrogen and oxygen atoms in total. The summed E-state index contributed by atoms with van der Waals surface area (Å²) in [6, 6.07) is 0.0470. The first-order valence-corrected chi connectivity index (χ1v) is 7.91. The second kappa shape index (κ2) is 7.98. The van der Waals surface area contributed by atoms with Gasteiger partial charge in [0.1, 0.15) is 0 Å². The Bertz CT molecular complexity index is 223. The van der Waals surface area contributed by atoms with Gasteiger partial charge in [-0.05, 0) is 26.0 Å². The normalized spacial score (nSPS) is 21.6. The van der Waals surface area contributed by atoms with E-state index in [0.29, 0.717) is 0 Å². The van der Waals surface area contributed by atoms with Crippen molar-refractivity contribution in [1.82, 2.24) is 5.32 Å². The van der Waals surface area contributed by atoms with Gasteiger partial charge in [0, 0.05) is 17.2 Å². The van der Waals surface area contributed by atoms with Gasteiger partial charge in [0.15, 0.2) is 0 Å². The Morgan fingerprint density at radius 1 is 1.35 bits per heavy atom. The number of carbonyl (C=O) groups excluding carboxylic acids is 1. The lowest BCUT2D eigenvalue weighted by Crippen LogP contribution is -2.43. The lowest BCUT2D eigenvalue weighted by Gasteiger charge is -2.24. The van der Waals surface area contributed by atoms with Crippen LogP contribution in [-0.4, -0.2) is 35.2 Å². The number of amides is 1. The number of rotatable bonds is 5. The van der Waals surface area contributed by atoms with Crippen LogP contribution in [0.3, 0.4) is 0 Å². The summed E-state index contributed by atoms with van der Waals surface area (Å²) in [5.41, 5.74) is 0. The summed E-state index contributed by atoms with van der Waals surface area (Å²) < 4.78 is 0. The summed E-state index contributed by atoms with van der Waals surface area (Å²) in [6.45, 7) is 2.10. The first-order chi connectivity index (χ1) is 8.19. The Morgan fingerprint density at radius 3 is 2.41 bits per heavy atom. The van der Waals surface area contributed by atoms with Crippen LogP contribution < -0.4 is 5.32 Å². The van der Waals surface area contributed by atoms with Gasteiger partial charge in [-0.2, -0.15) is 11.8 Å². The summed E-state index contributed by atoms with van der Waals surface area (Å²) in [7, 11) is 0. The fourth-order valence-electron chi connectivity index (χ4n) is 2.41. The second-order valence-electron chi connectivity index (χ2n) is 4.94. The first kappa shape index (κ1) is 14.8. The van der Waals surface area contributed by atoms with E-state index in [0.717, 1.165) is 12.8 Å². The van der Waals surface area contributed by atoms with E-state index in [-0.39, 0.29) is 29.7 Å². The highest BCUT2D eigenvalue weighted by Crippen LogP contribution is 2.23. The number of carbonyl (C=O) groups is 1. The van der Waals surface area contributed by atoms with E-state index in [2.05, 4.69) is 5.32 Å². The zero-order valence-corrected chi connectivity index (χ0v) is 11.8. The monoisotopic (exact) mass is 259 g/mol. The molecule has 0 unspecified atom stereocenters. The molecule has 4 heteroatoms. The Kier molecular flexibility index (Phi) is 6.97. The molecule has 1 rings (SSSR count). The minimum Gasteiger partial charge on any atom is -0.395 e. The van der Waals surface area contributed by atoms with Gasteiger partial charge >= 0.3 is 0 Å². The summed E-state index contributed by atoms with van der Waals surface area (Å²) in [4.78, 5) is 12.1. The number of nitrogens with one attached hydrogen (secondary N) is 1. The van der Waals surface area contributed by atoms with E-state index in [1.54, 1.807) is 11.8 Å². The molecule has 1 aliphatic carbocycles. The van der Waals surface area contributed by atoms with E-state index >= 15 is 0 Å². The van der Waals surface area contributed by atoms with Gasteiger partial charge in [-0.15, -0.1) is 0 Å². The molecular weight excluding hydrogens is 234 g/mol. The quantitative estimate of drug-likeness (QED) is 0.744. The molecule has 1 aliphatic rings. The smallest absolute Gasteiger partial charge is 0.223 e. The van der Waals surface area contributed by atoms with Gasteiger partial charge in [0.05, 0.1) is 6.61 Å². The maximum atomic E-state index is 12.1. The molecule has 2 atom stereocenters. The van der Waals surface area contributed by atoms with Crippen LogP contribution >= 0.6 is 11.8 Å². The average molecular weight is 259 g/mol. The molecule has 0 saturated heterocycles. The Balaban J connectivity index is 2.41. The van der Waals surface area contributed by atoms with Gasteiger partial charge in [-0.1, -0.05) is 25.7 Å². The molecule has 17 heavy (non-hydrogen) atoms. The third-order valence-electron chi connectivity index (χ3n) is 3.64. The predicted octanol–water partition coefficient (Wildman–Crippen LogP) is 2.19. The van der Waals surface area contributed by atoms with Crippen molar-refractivity contribution in [3.05, 3.63) is 0 Å². The number of thioether (sulfide) groups is 1. The fraction of sp³-hybridized carbons (Fsp3) is 0.923. The van der Waals surface area contributed by atoms with Crippen molar-refractivity contribution in [2.24, 2.45) is 5.92 Å².